The first-order chi connectivity index (χ1) is 11.1. The van der Waals surface area contributed by atoms with Crippen molar-refractivity contribution >= 4 is 0 Å². The van der Waals surface area contributed by atoms with Gasteiger partial charge in [-0.1, -0.05) is 13.0 Å². The van der Waals surface area contributed by atoms with Crippen molar-refractivity contribution in [1.29, 1.82) is 0 Å². The summed E-state index contributed by atoms with van der Waals surface area (Å²) >= 11 is 0. The summed E-state index contributed by atoms with van der Waals surface area (Å²) in [7, 11) is 1.73. The fourth-order valence-electron chi connectivity index (χ4n) is 3.48. The zero-order valence-electron chi connectivity index (χ0n) is 14.7. The van der Waals surface area contributed by atoms with E-state index in [4.69, 9.17) is 4.74 Å². The Morgan fingerprint density at radius 2 is 2.17 bits per heavy atom. The first kappa shape index (κ1) is 16.1. The molecule has 0 unspecified atom stereocenters. The Kier molecular flexibility index (Phi) is 4.71. The molecular formula is C19H27N3O. The molecule has 1 aliphatic heterocycles. The predicted octanol–water partition coefficient (Wildman–Crippen LogP) is 3.73. The molecule has 0 saturated heterocycles. The monoisotopic (exact) mass is 313 g/mol. The molecule has 1 atom stereocenters. The Labute approximate surface area is 139 Å². The second-order valence-corrected chi connectivity index (χ2v) is 6.44. The highest BCUT2D eigenvalue weighted by molar-refractivity contribution is 5.39. The van der Waals surface area contributed by atoms with Crippen LogP contribution in [0.15, 0.2) is 24.4 Å². The molecule has 23 heavy (non-hydrogen) atoms. The van der Waals surface area contributed by atoms with Gasteiger partial charge in [0.2, 0.25) is 0 Å². The molecule has 0 bridgehead atoms. The van der Waals surface area contributed by atoms with Gasteiger partial charge in [0.15, 0.2) is 0 Å². The number of rotatable bonds is 5. The largest absolute Gasteiger partial charge is 0.497 e. The van der Waals surface area contributed by atoms with Crippen LogP contribution < -0.4 is 4.74 Å². The van der Waals surface area contributed by atoms with E-state index >= 15 is 0 Å². The lowest BCUT2D eigenvalue weighted by molar-refractivity contribution is 0.189. The van der Waals surface area contributed by atoms with Crippen molar-refractivity contribution in [2.24, 2.45) is 0 Å². The third-order valence-corrected chi connectivity index (χ3v) is 5.03. The van der Waals surface area contributed by atoms with Crippen molar-refractivity contribution in [3.05, 3.63) is 46.8 Å². The number of methoxy groups -OCH3 is 1. The number of ether oxygens (including phenoxy) is 1. The van der Waals surface area contributed by atoms with E-state index in [0.29, 0.717) is 6.04 Å². The molecule has 2 aromatic rings. The number of hydrogen-bond donors (Lipinski definition) is 0. The molecule has 124 valence electrons. The van der Waals surface area contributed by atoms with Crippen molar-refractivity contribution in [3.63, 3.8) is 0 Å². The van der Waals surface area contributed by atoms with Crippen LogP contribution in [0.5, 0.6) is 5.75 Å². The van der Waals surface area contributed by atoms with Gasteiger partial charge in [-0.2, -0.15) is 5.10 Å². The molecule has 0 radical (unpaired) electrons. The maximum absolute atomic E-state index is 5.40. The van der Waals surface area contributed by atoms with Crippen molar-refractivity contribution in [2.45, 2.75) is 52.7 Å². The summed E-state index contributed by atoms with van der Waals surface area (Å²) in [5, 5.41) is 4.54. The van der Waals surface area contributed by atoms with Crippen LogP contribution in [0, 0.1) is 6.92 Å². The number of aromatic nitrogens is 2. The minimum absolute atomic E-state index is 0.405. The molecule has 1 aromatic heterocycles. The Morgan fingerprint density at radius 1 is 1.35 bits per heavy atom. The van der Waals surface area contributed by atoms with Gasteiger partial charge < -0.3 is 4.74 Å². The number of fused-ring (bicyclic) bond motifs is 1. The van der Waals surface area contributed by atoms with Gasteiger partial charge in [-0.15, -0.1) is 0 Å². The molecule has 2 heterocycles. The van der Waals surface area contributed by atoms with E-state index in [0.717, 1.165) is 38.2 Å². The number of aryl methyl sites for hydroxylation is 1. The SMILES string of the molecule is CCCn1ncc(CN2CCc3ccc(OC)cc3[C@H]2C)c1C. The van der Waals surface area contributed by atoms with Gasteiger partial charge in [0.25, 0.3) is 0 Å². The number of benzene rings is 1. The van der Waals surface area contributed by atoms with Gasteiger partial charge in [0.05, 0.1) is 13.3 Å². The standard InChI is InChI=1S/C19H27N3O/c1-5-9-22-14(2)17(12-20-22)13-21-10-8-16-6-7-18(23-4)11-19(16)15(21)3/h6-7,11-12,15H,5,8-10,13H2,1-4H3/t15-/m1/s1. The molecular weight excluding hydrogens is 286 g/mol. The first-order valence-electron chi connectivity index (χ1n) is 8.56. The predicted molar refractivity (Wildman–Crippen MR) is 92.8 cm³/mol. The second kappa shape index (κ2) is 6.75. The Morgan fingerprint density at radius 3 is 2.91 bits per heavy atom. The van der Waals surface area contributed by atoms with Crippen LogP contribution in [-0.4, -0.2) is 28.3 Å². The van der Waals surface area contributed by atoms with Crippen molar-refractivity contribution in [1.82, 2.24) is 14.7 Å². The summed E-state index contributed by atoms with van der Waals surface area (Å²) in [6.07, 6.45) is 4.26. The van der Waals surface area contributed by atoms with Crippen molar-refractivity contribution in [3.8, 4) is 5.75 Å². The summed E-state index contributed by atoms with van der Waals surface area (Å²) in [5.74, 6) is 0.949. The van der Waals surface area contributed by atoms with E-state index in [2.05, 4.69) is 53.7 Å². The Hall–Kier alpha value is -1.81. The van der Waals surface area contributed by atoms with Gasteiger partial charge in [0, 0.05) is 36.9 Å². The van der Waals surface area contributed by atoms with Crippen molar-refractivity contribution in [2.75, 3.05) is 13.7 Å². The Bertz CT molecular complexity index is 677. The van der Waals surface area contributed by atoms with Crippen LogP contribution in [0.4, 0.5) is 0 Å². The minimum Gasteiger partial charge on any atom is -0.497 e. The molecule has 4 nitrogen and oxygen atoms in total. The maximum Gasteiger partial charge on any atom is 0.119 e. The second-order valence-electron chi connectivity index (χ2n) is 6.44. The third kappa shape index (κ3) is 3.13. The van der Waals surface area contributed by atoms with Gasteiger partial charge in [-0.05, 0) is 49.9 Å². The zero-order chi connectivity index (χ0) is 16.4. The molecule has 0 amide bonds. The van der Waals surface area contributed by atoms with Crippen LogP contribution in [0.3, 0.4) is 0 Å². The quantitative estimate of drug-likeness (QED) is 0.842. The molecule has 1 aliphatic rings. The molecule has 4 heteroatoms. The average Bonchev–Trinajstić information content (AvgIpc) is 2.91. The van der Waals surface area contributed by atoms with Crippen LogP contribution in [0.1, 0.15) is 48.7 Å². The molecule has 0 spiro atoms. The number of hydrogen-bond acceptors (Lipinski definition) is 3. The smallest absolute Gasteiger partial charge is 0.119 e. The van der Waals surface area contributed by atoms with Gasteiger partial charge in [-0.3, -0.25) is 9.58 Å². The van der Waals surface area contributed by atoms with Crippen LogP contribution in [0.25, 0.3) is 0 Å². The summed E-state index contributed by atoms with van der Waals surface area (Å²) in [6, 6.07) is 6.88. The normalized spacial score (nSPS) is 18.0. The lowest BCUT2D eigenvalue weighted by Gasteiger charge is -2.35. The highest BCUT2D eigenvalue weighted by Gasteiger charge is 2.25. The van der Waals surface area contributed by atoms with E-state index in [9.17, 15) is 0 Å². The molecule has 0 aliphatic carbocycles. The van der Waals surface area contributed by atoms with Crippen LogP contribution >= 0.6 is 0 Å². The first-order valence-corrected chi connectivity index (χ1v) is 8.56. The zero-order valence-corrected chi connectivity index (χ0v) is 14.7. The number of nitrogens with zero attached hydrogens (tertiary/aromatic N) is 3. The van der Waals surface area contributed by atoms with Gasteiger partial charge >= 0.3 is 0 Å². The summed E-state index contributed by atoms with van der Waals surface area (Å²) in [6.45, 7) is 9.73. The van der Waals surface area contributed by atoms with E-state index in [1.807, 2.05) is 6.20 Å². The van der Waals surface area contributed by atoms with Crippen LogP contribution in [0.2, 0.25) is 0 Å². The fraction of sp³-hybridized carbons (Fsp3) is 0.526. The lowest BCUT2D eigenvalue weighted by atomic mass is 9.93. The van der Waals surface area contributed by atoms with Gasteiger partial charge in [0.1, 0.15) is 5.75 Å². The van der Waals surface area contributed by atoms with Crippen molar-refractivity contribution < 1.29 is 4.74 Å². The van der Waals surface area contributed by atoms with E-state index in [1.54, 1.807) is 7.11 Å². The van der Waals surface area contributed by atoms with E-state index in [-0.39, 0.29) is 0 Å². The average molecular weight is 313 g/mol. The highest BCUT2D eigenvalue weighted by Crippen LogP contribution is 2.33. The molecule has 0 saturated carbocycles. The maximum atomic E-state index is 5.40. The van der Waals surface area contributed by atoms with E-state index < -0.39 is 0 Å². The fourth-order valence-corrected chi connectivity index (χ4v) is 3.48. The van der Waals surface area contributed by atoms with Crippen LogP contribution in [-0.2, 0) is 19.5 Å². The minimum atomic E-state index is 0.405. The molecule has 0 fully saturated rings. The Balaban J connectivity index is 1.79. The van der Waals surface area contributed by atoms with Gasteiger partial charge in [-0.25, -0.2) is 0 Å². The summed E-state index contributed by atoms with van der Waals surface area (Å²) in [4.78, 5) is 2.54. The third-order valence-electron chi connectivity index (χ3n) is 5.03. The highest BCUT2D eigenvalue weighted by atomic mass is 16.5. The summed E-state index contributed by atoms with van der Waals surface area (Å²) in [5.41, 5.74) is 5.49. The molecule has 1 aromatic carbocycles. The van der Waals surface area contributed by atoms with E-state index in [1.165, 1.54) is 22.4 Å². The summed E-state index contributed by atoms with van der Waals surface area (Å²) < 4.78 is 7.53. The molecule has 3 rings (SSSR count). The lowest BCUT2D eigenvalue weighted by Crippen LogP contribution is -2.33. The molecule has 0 N–H and O–H groups in total. The topological polar surface area (TPSA) is 30.3 Å².